The van der Waals surface area contributed by atoms with Gasteiger partial charge in [-0.3, -0.25) is 9.69 Å². The van der Waals surface area contributed by atoms with E-state index in [0.29, 0.717) is 24.3 Å². The average molecular weight is 560 g/mol. The Morgan fingerprint density at radius 3 is 2.45 bits per heavy atom. The molecular formula is C37H37NO4. The number of nitrogens with zero attached hydrogens (tertiary/aromatic N) is 1. The predicted octanol–water partition coefficient (Wildman–Crippen LogP) is 7.64. The molecule has 3 heterocycles. The van der Waals surface area contributed by atoms with Gasteiger partial charge in [-0.1, -0.05) is 66.8 Å². The highest BCUT2D eigenvalue weighted by Gasteiger charge is 2.60. The van der Waals surface area contributed by atoms with E-state index in [2.05, 4.69) is 56.3 Å². The van der Waals surface area contributed by atoms with Crippen molar-refractivity contribution in [2.24, 2.45) is 0 Å². The molecule has 0 bridgehead atoms. The van der Waals surface area contributed by atoms with Crippen molar-refractivity contribution in [3.63, 3.8) is 0 Å². The largest absolute Gasteiger partial charge is 0.487 e. The molecule has 0 saturated heterocycles. The number of fused-ring (bicyclic) bond motifs is 5. The van der Waals surface area contributed by atoms with Gasteiger partial charge in [0, 0.05) is 35.7 Å². The number of amides is 1. The van der Waals surface area contributed by atoms with Crippen LogP contribution in [0.1, 0.15) is 93.2 Å². The van der Waals surface area contributed by atoms with E-state index < -0.39 is 17.1 Å². The molecule has 1 amide bonds. The topological polar surface area (TPSA) is 59.0 Å². The summed E-state index contributed by atoms with van der Waals surface area (Å²) in [6.45, 7) is 4.14. The number of hydrogen-bond donors (Lipinski definition) is 1. The molecule has 8 rings (SSSR count). The van der Waals surface area contributed by atoms with E-state index in [1.54, 1.807) is 0 Å². The highest BCUT2D eigenvalue weighted by molar-refractivity contribution is 6.12. The molecule has 214 valence electrons. The number of anilines is 1. The van der Waals surface area contributed by atoms with Crippen LogP contribution in [0.15, 0.2) is 90.5 Å². The fraction of sp³-hybridized carbons (Fsp3) is 0.378. The lowest BCUT2D eigenvalue weighted by Gasteiger charge is -2.48. The molecule has 5 aliphatic rings. The van der Waals surface area contributed by atoms with E-state index >= 15 is 4.79 Å². The van der Waals surface area contributed by atoms with Crippen LogP contribution < -0.4 is 14.4 Å². The van der Waals surface area contributed by atoms with E-state index in [1.807, 2.05) is 47.4 Å². The number of ether oxygens (including phenoxy) is 2. The standard InChI is InChI=1S/C37H37NO4/c1-35(2)23-37(28-20-26-30(39)22-36(18-11-19-36)42-31(26)21-32(28)41-35)27-16-9-10-17-29(27)38(34(37)40)33(24-12-5-3-6-13-24)25-14-7-4-8-15-25/h3,5-7,9-10,12-17,20-21,30,33,39H,4,8,11,18-19,22-23H2,1-2H3. The minimum atomic E-state index is -0.958. The molecule has 1 saturated carbocycles. The summed E-state index contributed by atoms with van der Waals surface area (Å²) >= 11 is 0. The first-order valence-corrected chi connectivity index (χ1v) is 15.4. The fourth-order valence-electron chi connectivity index (χ4n) is 8.15. The third kappa shape index (κ3) is 3.69. The first-order valence-electron chi connectivity index (χ1n) is 15.4. The van der Waals surface area contributed by atoms with E-state index in [-0.39, 0.29) is 17.6 Å². The normalized spacial score (nSPS) is 26.8. The van der Waals surface area contributed by atoms with Crippen molar-refractivity contribution in [1.82, 2.24) is 0 Å². The highest BCUT2D eigenvalue weighted by Crippen LogP contribution is 2.60. The van der Waals surface area contributed by atoms with Gasteiger partial charge in [0.2, 0.25) is 5.91 Å². The highest BCUT2D eigenvalue weighted by atomic mass is 16.5. The zero-order valence-corrected chi connectivity index (χ0v) is 24.3. The van der Waals surface area contributed by atoms with Crippen molar-refractivity contribution in [3.8, 4) is 11.5 Å². The quantitative estimate of drug-likeness (QED) is 0.358. The maximum atomic E-state index is 15.4. The molecular weight excluding hydrogens is 522 g/mol. The van der Waals surface area contributed by atoms with E-state index in [9.17, 15) is 5.11 Å². The molecule has 5 nitrogen and oxygen atoms in total. The molecule has 3 unspecified atom stereocenters. The zero-order valence-electron chi connectivity index (χ0n) is 24.3. The summed E-state index contributed by atoms with van der Waals surface area (Å²) in [6.07, 6.45) is 12.1. The molecule has 0 radical (unpaired) electrons. The Hall–Kier alpha value is -3.83. The number of carbonyl (C=O) groups excluding carboxylic acids is 1. The summed E-state index contributed by atoms with van der Waals surface area (Å²) < 4.78 is 13.2. The number of aliphatic hydroxyl groups is 1. The zero-order chi connectivity index (χ0) is 28.7. The number of allylic oxidation sites excluding steroid dienone is 2. The smallest absolute Gasteiger partial charge is 0.243 e. The molecule has 5 heteroatoms. The number of rotatable bonds is 3. The maximum absolute atomic E-state index is 15.4. The Kier molecular flexibility index (Phi) is 5.59. The Balaban J connectivity index is 1.34. The predicted molar refractivity (Wildman–Crippen MR) is 163 cm³/mol. The summed E-state index contributed by atoms with van der Waals surface area (Å²) in [4.78, 5) is 17.4. The van der Waals surface area contributed by atoms with Crippen LogP contribution in [0.5, 0.6) is 11.5 Å². The van der Waals surface area contributed by atoms with Crippen molar-refractivity contribution in [2.75, 3.05) is 4.90 Å². The van der Waals surface area contributed by atoms with Crippen molar-refractivity contribution in [1.29, 1.82) is 0 Å². The Morgan fingerprint density at radius 1 is 0.929 bits per heavy atom. The minimum Gasteiger partial charge on any atom is -0.487 e. The van der Waals surface area contributed by atoms with Gasteiger partial charge >= 0.3 is 0 Å². The number of para-hydroxylation sites is 1. The van der Waals surface area contributed by atoms with Gasteiger partial charge in [0.05, 0.1) is 12.1 Å². The summed E-state index contributed by atoms with van der Waals surface area (Å²) in [7, 11) is 0. The molecule has 1 N–H and O–H groups in total. The maximum Gasteiger partial charge on any atom is 0.243 e. The second-order valence-corrected chi connectivity index (χ2v) is 13.4. The van der Waals surface area contributed by atoms with Gasteiger partial charge in [-0.25, -0.2) is 0 Å². The lowest BCUT2D eigenvalue weighted by molar-refractivity contribution is -0.124. The summed E-state index contributed by atoms with van der Waals surface area (Å²) in [5.41, 5.74) is 3.90. The van der Waals surface area contributed by atoms with E-state index in [4.69, 9.17) is 9.47 Å². The first-order chi connectivity index (χ1) is 20.3. The van der Waals surface area contributed by atoms with Crippen LogP contribution >= 0.6 is 0 Å². The fourth-order valence-corrected chi connectivity index (χ4v) is 8.15. The molecule has 2 aliphatic carbocycles. The van der Waals surface area contributed by atoms with Crippen LogP contribution in [0.25, 0.3) is 0 Å². The Labute approximate surface area is 247 Å². The van der Waals surface area contributed by atoms with Gasteiger partial charge in [-0.05, 0) is 74.8 Å². The lowest BCUT2D eigenvalue weighted by Crippen LogP contribution is -2.52. The molecule has 1 fully saturated rings. The van der Waals surface area contributed by atoms with Crippen LogP contribution in [0, 0.1) is 0 Å². The van der Waals surface area contributed by atoms with Gasteiger partial charge in [-0.15, -0.1) is 0 Å². The molecule has 0 aromatic heterocycles. The third-order valence-electron chi connectivity index (χ3n) is 10.1. The molecule has 3 aliphatic heterocycles. The third-order valence-corrected chi connectivity index (χ3v) is 10.1. The number of benzene rings is 3. The first kappa shape index (κ1) is 25.8. The van der Waals surface area contributed by atoms with Gasteiger partial charge in [-0.2, -0.15) is 0 Å². The summed E-state index contributed by atoms with van der Waals surface area (Å²) in [5.74, 6) is 1.42. The molecule has 3 atom stereocenters. The van der Waals surface area contributed by atoms with Crippen molar-refractivity contribution < 1.29 is 19.4 Å². The molecule has 42 heavy (non-hydrogen) atoms. The van der Waals surface area contributed by atoms with E-state index in [1.165, 1.54) is 0 Å². The van der Waals surface area contributed by atoms with Gasteiger partial charge in [0.25, 0.3) is 0 Å². The molecule has 2 spiro atoms. The van der Waals surface area contributed by atoms with Gasteiger partial charge in [0.15, 0.2) is 0 Å². The van der Waals surface area contributed by atoms with Gasteiger partial charge in [0.1, 0.15) is 28.1 Å². The van der Waals surface area contributed by atoms with Crippen molar-refractivity contribution in [3.05, 3.63) is 113 Å². The second-order valence-electron chi connectivity index (χ2n) is 13.4. The summed E-state index contributed by atoms with van der Waals surface area (Å²) in [5, 5.41) is 11.4. The van der Waals surface area contributed by atoms with E-state index in [0.717, 1.165) is 65.6 Å². The van der Waals surface area contributed by atoms with Crippen LogP contribution in [0.3, 0.4) is 0 Å². The number of hydrogen-bond acceptors (Lipinski definition) is 4. The summed E-state index contributed by atoms with van der Waals surface area (Å²) in [6, 6.07) is 22.3. The van der Waals surface area contributed by atoms with Crippen molar-refractivity contribution in [2.45, 2.75) is 87.6 Å². The van der Waals surface area contributed by atoms with Crippen LogP contribution in [-0.2, 0) is 10.2 Å². The molecule has 3 aromatic rings. The van der Waals surface area contributed by atoms with Gasteiger partial charge < -0.3 is 14.6 Å². The molecule has 3 aromatic carbocycles. The minimum absolute atomic E-state index is 0.0525. The monoisotopic (exact) mass is 559 g/mol. The van der Waals surface area contributed by atoms with Crippen LogP contribution in [-0.4, -0.2) is 22.2 Å². The average Bonchev–Trinajstić information content (AvgIpc) is 3.20. The number of aliphatic hydroxyl groups excluding tert-OH is 1. The Bertz CT molecular complexity index is 1650. The van der Waals surface area contributed by atoms with Crippen LogP contribution in [0.4, 0.5) is 5.69 Å². The SMILES string of the molecule is CC1(C)CC2(C(=O)N(C(C3=CCCC=C3)c3ccccc3)c3ccccc32)c2cc3c(cc2O1)OC1(CCC1)CC3O. The number of carbonyl (C=O) groups is 1. The van der Waals surface area contributed by atoms with Crippen LogP contribution in [0.2, 0.25) is 0 Å². The van der Waals surface area contributed by atoms with Crippen molar-refractivity contribution >= 4 is 11.6 Å². The lowest BCUT2D eigenvalue weighted by atomic mass is 9.66. The Morgan fingerprint density at radius 2 is 1.71 bits per heavy atom. The second kappa shape index (κ2) is 9.08.